The van der Waals surface area contributed by atoms with Crippen LogP contribution in [0, 0.1) is 0 Å². The van der Waals surface area contributed by atoms with Gasteiger partial charge >= 0.3 is 11.9 Å². The number of ether oxygens (including phenoxy) is 2. The van der Waals surface area contributed by atoms with Crippen molar-refractivity contribution in [1.82, 2.24) is 0 Å². The van der Waals surface area contributed by atoms with E-state index in [0.717, 1.165) is 51.4 Å². The number of rotatable bonds is 12. The van der Waals surface area contributed by atoms with Crippen molar-refractivity contribution >= 4 is 33.5 Å². The predicted molar refractivity (Wildman–Crippen MR) is 106 cm³/mol. The molecule has 156 valence electrons. The Morgan fingerprint density at radius 2 is 1.11 bits per heavy atom. The summed E-state index contributed by atoms with van der Waals surface area (Å²) < 4.78 is 34.6. The number of cyclic esters (lactones) is 2. The van der Waals surface area contributed by atoms with E-state index in [0.29, 0.717) is 42.3 Å². The summed E-state index contributed by atoms with van der Waals surface area (Å²) in [6.45, 7) is 0. The van der Waals surface area contributed by atoms with Crippen LogP contribution in [0.25, 0.3) is 0 Å². The fourth-order valence-electron chi connectivity index (χ4n) is 3.49. The number of esters is 2. The van der Waals surface area contributed by atoms with E-state index in [2.05, 4.69) is 0 Å². The lowest BCUT2D eigenvalue weighted by molar-refractivity contribution is -0.154. The van der Waals surface area contributed by atoms with Gasteiger partial charge in [-0.05, 0) is 57.8 Å². The predicted octanol–water partition coefficient (Wildman–Crippen LogP) is 2.63. The molecule has 0 aliphatic carbocycles. The molecule has 8 heteroatoms. The molecule has 0 aromatic heterocycles. The number of hydrogen-bond donors (Lipinski definition) is 0. The van der Waals surface area contributed by atoms with Crippen LogP contribution in [-0.2, 0) is 40.7 Å². The van der Waals surface area contributed by atoms with E-state index in [-0.39, 0.29) is 24.1 Å². The first kappa shape index (κ1) is 22.5. The van der Waals surface area contributed by atoms with Gasteiger partial charge in [-0.3, -0.25) is 18.0 Å². The Balaban J connectivity index is 1.45. The molecule has 6 nitrogen and oxygen atoms in total. The molecule has 0 spiro atoms. The summed E-state index contributed by atoms with van der Waals surface area (Å²) in [6, 6.07) is 0. The topological polar surface area (TPSA) is 86.7 Å². The van der Waals surface area contributed by atoms with Crippen LogP contribution in [0.2, 0.25) is 0 Å². The van der Waals surface area contributed by atoms with Gasteiger partial charge in [0.2, 0.25) is 0 Å². The first-order chi connectivity index (χ1) is 13.0. The third-order valence-corrected chi connectivity index (χ3v) is 7.93. The Morgan fingerprint density at radius 1 is 0.704 bits per heavy atom. The third kappa shape index (κ3) is 9.83. The Kier molecular flexibility index (Phi) is 10.6. The average Bonchev–Trinajstić information content (AvgIpc) is 2.62. The van der Waals surface area contributed by atoms with Gasteiger partial charge < -0.3 is 9.47 Å². The highest BCUT2D eigenvalue weighted by Crippen LogP contribution is 2.19. The standard InChI is InChI=1S/C19H32O6S2/c20-18-10-1-6-16(24-18)8-3-12-26(22)14-5-15-27(23)13-4-9-17-7-2-11-19(21)25-17/h16-17H,1-15H2. The molecular formula is C19H32O6S2. The van der Waals surface area contributed by atoms with Crippen LogP contribution in [0.15, 0.2) is 0 Å². The van der Waals surface area contributed by atoms with Gasteiger partial charge in [0.25, 0.3) is 0 Å². The molecular weight excluding hydrogens is 388 g/mol. The van der Waals surface area contributed by atoms with Crippen LogP contribution >= 0.6 is 0 Å². The Morgan fingerprint density at radius 3 is 1.52 bits per heavy atom. The van der Waals surface area contributed by atoms with Crippen LogP contribution in [0.4, 0.5) is 0 Å². The maximum Gasteiger partial charge on any atom is 0.306 e. The lowest BCUT2D eigenvalue weighted by Gasteiger charge is -2.22. The molecule has 2 rings (SSSR count). The first-order valence-corrected chi connectivity index (χ1v) is 13.1. The molecule has 0 bridgehead atoms. The summed E-state index contributed by atoms with van der Waals surface area (Å²) in [5.41, 5.74) is 0. The minimum atomic E-state index is -0.896. The molecule has 0 aromatic rings. The van der Waals surface area contributed by atoms with Crippen molar-refractivity contribution in [3.8, 4) is 0 Å². The number of carbonyl (C=O) groups excluding carboxylic acids is 2. The van der Waals surface area contributed by atoms with E-state index < -0.39 is 21.6 Å². The zero-order chi connectivity index (χ0) is 19.5. The normalized spacial score (nSPS) is 25.5. The quantitative estimate of drug-likeness (QED) is 0.451. The summed E-state index contributed by atoms with van der Waals surface area (Å²) in [5, 5.41) is 0. The minimum Gasteiger partial charge on any atom is -0.462 e. The molecule has 4 unspecified atom stereocenters. The van der Waals surface area contributed by atoms with Crippen molar-refractivity contribution in [2.24, 2.45) is 0 Å². The molecule has 2 aliphatic rings. The fourth-order valence-corrected chi connectivity index (χ4v) is 5.99. The molecule has 2 saturated heterocycles. The summed E-state index contributed by atoms with van der Waals surface area (Å²) in [7, 11) is -1.79. The largest absolute Gasteiger partial charge is 0.462 e. The van der Waals surface area contributed by atoms with Gasteiger partial charge in [0.05, 0.1) is 0 Å². The lowest BCUT2D eigenvalue weighted by Crippen LogP contribution is -2.24. The van der Waals surface area contributed by atoms with Crippen LogP contribution in [0.1, 0.15) is 70.6 Å². The molecule has 0 saturated carbocycles. The zero-order valence-corrected chi connectivity index (χ0v) is 17.7. The second-order valence-corrected chi connectivity index (χ2v) is 10.7. The second kappa shape index (κ2) is 12.6. The van der Waals surface area contributed by atoms with Crippen molar-refractivity contribution < 1.29 is 27.5 Å². The summed E-state index contributed by atoms with van der Waals surface area (Å²) in [6.07, 6.45) is 8.52. The molecule has 4 atom stereocenters. The summed E-state index contributed by atoms with van der Waals surface area (Å²) >= 11 is 0. The lowest BCUT2D eigenvalue weighted by atomic mass is 10.1. The van der Waals surface area contributed by atoms with Gasteiger partial charge in [0.15, 0.2) is 0 Å². The second-order valence-electron chi connectivity index (χ2n) is 7.34. The number of carbonyl (C=O) groups is 2. The van der Waals surface area contributed by atoms with Crippen LogP contribution in [-0.4, -0.2) is 55.6 Å². The van der Waals surface area contributed by atoms with E-state index in [4.69, 9.17) is 9.47 Å². The first-order valence-electron chi connectivity index (χ1n) is 10.1. The third-order valence-electron chi connectivity index (χ3n) is 4.95. The van der Waals surface area contributed by atoms with Crippen molar-refractivity contribution in [3.05, 3.63) is 0 Å². The zero-order valence-electron chi connectivity index (χ0n) is 16.0. The van der Waals surface area contributed by atoms with E-state index in [1.807, 2.05) is 0 Å². The van der Waals surface area contributed by atoms with Crippen LogP contribution in [0.5, 0.6) is 0 Å². The summed E-state index contributed by atoms with van der Waals surface area (Å²) in [5.74, 6) is 2.17. The molecule has 0 radical (unpaired) electrons. The molecule has 0 amide bonds. The molecule has 0 N–H and O–H groups in total. The minimum absolute atomic E-state index is 0.000749. The Bertz CT molecular complexity index is 490. The van der Waals surface area contributed by atoms with Crippen LogP contribution < -0.4 is 0 Å². The van der Waals surface area contributed by atoms with Crippen molar-refractivity contribution in [2.45, 2.75) is 82.8 Å². The number of hydrogen-bond acceptors (Lipinski definition) is 6. The SMILES string of the molecule is O=C1CCCC(CCCS(=O)CCCS(=O)CCCC2CCCC(=O)O2)O1. The average molecular weight is 421 g/mol. The Labute approximate surface area is 167 Å². The highest BCUT2D eigenvalue weighted by atomic mass is 32.2. The van der Waals surface area contributed by atoms with Crippen molar-refractivity contribution in [1.29, 1.82) is 0 Å². The van der Waals surface area contributed by atoms with E-state index in [1.54, 1.807) is 0 Å². The van der Waals surface area contributed by atoms with Gasteiger partial charge in [-0.15, -0.1) is 0 Å². The summed E-state index contributed by atoms with van der Waals surface area (Å²) in [4.78, 5) is 22.4. The highest BCUT2D eigenvalue weighted by Gasteiger charge is 2.21. The maximum absolute atomic E-state index is 12.0. The molecule has 2 fully saturated rings. The van der Waals surface area contributed by atoms with E-state index in [9.17, 15) is 18.0 Å². The van der Waals surface area contributed by atoms with E-state index in [1.165, 1.54) is 0 Å². The van der Waals surface area contributed by atoms with Gasteiger partial charge in [0, 0.05) is 57.5 Å². The fraction of sp³-hybridized carbons (Fsp3) is 0.895. The van der Waals surface area contributed by atoms with Gasteiger partial charge in [-0.2, -0.15) is 0 Å². The molecule has 0 aromatic carbocycles. The van der Waals surface area contributed by atoms with E-state index >= 15 is 0 Å². The molecule has 27 heavy (non-hydrogen) atoms. The smallest absolute Gasteiger partial charge is 0.306 e. The van der Waals surface area contributed by atoms with Crippen molar-refractivity contribution in [3.63, 3.8) is 0 Å². The maximum atomic E-state index is 12.0. The monoisotopic (exact) mass is 420 g/mol. The molecule has 2 aliphatic heterocycles. The van der Waals surface area contributed by atoms with Gasteiger partial charge in [-0.1, -0.05) is 0 Å². The highest BCUT2D eigenvalue weighted by molar-refractivity contribution is 7.85. The van der Waals surface area contributed by atoms with Crippen molar-refractivity contribution in [2.75, 3.05) is 23.0 Å². The molecule has 2 heterocycles. The Hall–Kier alpha value is -0.760. The van der Waals surface area contributed by atoms with Gasteiger partial charge in [-0.25, -0.2) is 0 Å². The van der Waals surface area contributed by atoms with Gasteiger partial charge in [0.1, 0.15) is 12.2 Å². The van der Waals surface area contributed by atoms with Crippen LogP contribution in [0.3, 0.4) is 0 Å².